The second kappa shape index (κ2) is 5.14. The number of phenols is 1. The number of rotatable bonds is 2. The summed E-state index contributed by atoms with van der Waals surface area (Å²) >= 11 is 0. The lowest BCUT2D eigenvalue weighted by atomic mass is 10.0. The number of hydrogen-bond donors (Lipinski definition) is 1. The quantitative estimate of drug-likeness (QED) is 0.894. The van der Waals surface area contributed by atoms with Crippen LogP contribution in [0.1, 0.15) is 21.5 Å². The summed E-state index contributed by atoms with van der Waals surface area (Å²) in [5.74, 6) is 0.0740. The zero-order chi connectivity index (χ0) is 14.0. The number of nitrogens with zero attached hydrogens (tertiary/aromatic N) is 1. The van der Waals surface area contributed by atoms with Crippen molar-refractivity contribution < 1.29 is 9.90 Å². The van der Waals surface area contributed by atoms with Gasteiger partial charge in [0.05, 0.1) is 0 Å². The molecule has 2 aromatic rings. The van der Waals surface area contributed by atoms with Gasteiger partial charge >= 0.3 is 0 Å². The number of phenolic OH excluding ortho intramolecular Hbond substituents is 1. The van der Waals surface area contributed by atoms with Crippen molar-refractivity contribution in [1.82, 2.24) is 0 Å². The van der Waals surface area contributed by atoms with Gasteiger partial charge in [0.1, 0.15) is 5.75 Å². The van der Waals surface area contributed by atoms with E-state index < -0.39 is 0 Å². The van der Waals surface area contributed by atoms with Crippen molar-refractivity contribution in [2.45, 2.75) is 13.8 Å². The predicted molar refractivity (Wildman–Crippen MR) is 76.8 cm³/mol. The monoisotopic (exact) mass is 255 g/mol. The molecule has 3 heteroatoms. The fourth-order valence-corrected chi connectivity index (χ4v) is 1.98. The van der Waals surface area contributed by atoms with Crippen molar-refractivity contribution in [3.8, 4) is 5.75 Å². The van der Waals surface area contributed by atoms with E-state index >= 15 is 0 Å². The summed E-state index contributed by atoms with van der Waals surface area (Å²) in [6, 6.07) is 12.4. The van der Waals surface area contributed by atoms with Crippen LogP contribution in [0.2, 0.25) is 0 Å². The third-order valence-electron chi connectivity index (χ3n) is 3.36. The predicted octanol–water partition coefficient (Wildman–Crippen LogP) is 3.29. The fraction of sp³-hybridized carbons (Fsp3) is 0.188. The number of hydrogen-bond acceptors (Lipinski definition) is 2. The van der Waals surface area contributed by atoms with Crippen molar-refractivity contribution in [3.63, 3.8) is 0 Å². The molecule has 0 saturated heterocycles. The summed E-state index contributed by atoms with van der Waals surface area (Å²) in [4.78, 5) is 14.0. The normalized spacial score (nSPS) is 10.3. The Balaban J connectivity index is 2.36. The summed E-state index contributed by atoms with van der Waals surface area (Å²) in [7, 11) is 1.71. The highest BCUT2D eigenvalue weighted by Crippen LogP contribution is 2.22. The maximum Gasteiger partial charge on any atom is 0.258 e. The maximum absolute atomic E-state index is 12.5. The Morgan fingerprint density at radius 2 is 1.79 bits per heavy atom. The largest absolute Gasteiger partial charge is 0.508 e. The third-order valence-corrected chi connectivity index (χ3v) is 3.36. The number of amides is 1. The number of anilines is 1. The highest BCUT2D eigenvalue weighted by molar-refractivity contribution is 6.06. The topological polar surface area (TPSA) is 40.5 Å². The van der Waals surface area contributed by atoms with E-state index in [9.17, 15) is 9.90 Å². The number of benzene rings is 2. The van der Waals surface area contributed by atoms with Gasteiger partial charge in [-0.2, -0.15) is 0 Å². The van der Waals surface area contributed by atoms with Gasteiger partial charge in [0.25, 0.3) is 5.91 Å². The minimum Gasteiger partial charge on any atom is -0.508 e. The van der Waals surface area contributed by atoms with Crippen LogP contribution in [0.15, 0.2) is 42.5 Å². The molecule has 2 aromatic carbocycles. The van der Waals surface area contributed by atoms with E-state index in [4.69, 9.17) is 0 Å². The SMILES string of the molecule is Cc1cccc(C(=O)N(C)c2cccc(O)c2)c1C. The van der Waals surface area contributed by atoms with Crippen molar-refractivity contribution in [1.29, 1.82) is 0 Å². The first-order valence-corrected chi connectivity index (χ1v) is 6.14. The third kappa shape index (κ3) is 2.60. The van der Waals surface area contributed by atoms with Gasteiger partial charge in [0.2, 0.25) is 0 Å². The number of aryl methyl sites for hydroxylation is 1. The van der Waals surface area contributed by atoms with Crippen molar-refractivity contribution >= 4 is 11.6 Å². The summed E-state index contributed by atoms with van der Waals surface area (Å²) in [5, 5.41) is 9.48. The Hall–Kier alpha value is -2.29. The van der Waals surface area contributed by atoms with Crippen LogP contribution in [0.4, 0.5) is 5.69 Å². The molecule has 1 amide bonds. The minimum absolute atomic E-state index is 0.0770. The first-order chi connectivity index (χ1) is 9.00. The van der Waals surface area contributed by atoms with Crippen molar-refractivity contribution in [2.24, 2.45) is 0 Å². The van der Waals surface area contributed by atoms with Crippen LogP contribution >= 0.6 is 0 Å². The lowest BCUT2D eigenvalue weighted by Crippen LogP contribution is -2.27. The second-order valence-electron chi connectivity index (χ2n) is 4.63. The zero-order valence-corrected chi connectivity index (χ0v) is 11.3. The lowest BCUT2D eigenvalue weighted by molar-refractivity contribution is 0.0992. The van der Waals surface area contributed by atoms with E-state index in [1.54, 1.807) is 36.2 Å². The summed E-state index contributed by atoms with van der Waals surface area (Å²) < 4.78 is 0. The first kappa shape index (κ1) is 13.1. The summed E-state index contributed by atoms with van der Waals surface area (Å²) in [5.41, 5.74) is 3.44. The van der Waals surface area contributed by atoms with Crippen LogP contribution in [0.5, 0.6) is 5.75 Å². The molecule has 0 saturated carbocycles. The van der Waals surface area contributed by atoms with Crippen molar-refractivity contribution in [2.75, 3.05) is 11.9 Å². The Bertz CT molecular complexity index is 620. The Morgan fingerprint density at radius 1 is 1.11 bits per heavy atom. The van der Waals surface area contributed by atoms with Gasteiger partial charge in [0, 0.05) is 24.4 Å². The van der Waals surface area contributed by atoms with Gasteiger partial charge in [-0.05, 0) is 43.2 Å². The van der Waals surface area contributed by atoms with E-state index in [1.165, 1.54) is 0 Å². The molecule has 19 heavy (non-hydrogen) atoms. The van der Waals surface area contributed by atoms with E-state index in [2.05, 4.69) is 0 Å². The van der Waals surface area contributed by atoms with Crippen LogP contribution in [-0.4, -0.2) is 18.1 Å². The Kier molecular flexibility index (Phi) is 3.56. The van der Waals surface area contributed by atoms with Crippen LogP contribution in [0, 0.1) is 13.8 Å². The number of carbonyl (C=O) groups excluding carboxylic acids is 1. The van der Waals surface area contributed by atoms with Gasteiger partial charge in [-0.15, -0.1) is 0 Å². The fourth-order valence-electron chi connectivity index (χ4n) is 1.98. The van der Waals surface area contributed by atoms with Gasteiger partial charge in [-0.25, -0.2) is 0 Å². The van der Waals surface area contributed by atoms with Crippen LogP contribution in [0.3, 0.4) is 0 Å². The van der Waals surface area contributed by atoms with Gasteiger partial charge < -0.3 is 10.0 Å². The smallest absolute Gasteiger partial charge is 0.258 e. The molecule has 0 spiro atoms. The van der Waals surface area contributed by atoms with Gasteiger partial charge in [0.15, 0.2) is 0 Å². The molecule has 3 nitrogen and oxygen atoms in total. The van der Waals surface area contributed by atoms with Crippen molar-refractivity contribution in [3.05, 3.63) is 59.2 Å². The van der Waals surface area contributed by atoms with E-state index in [0.717, 1.165) is 11.1 Å². The molecule has 2 rings (SSSR count). The van der Waals surface area contributed by atoms with E-state index in [1.807, 2.05) is 32.0 Å². The molecule has 1 N–H and O–H groups in total. The zero-order valence-electron chi connectivity index (χ0n) is 11.3. The molecular weight excluding hydrogens is 238 g/mol. The Labute approximate surface area is 113 Å². The van der Waals surface area contributed by atoms with Crippen LogP contribution < -0.4 is 4.90 Å². The molecular formula is C16H17NO2. The van der Waals surface area contributed by atoms with Crippen LogP contribution in [0.25, 0.3) is 0 Å². The van der Waals surface area contributed by atoms with E-state index in [0.29, 0.717) is 11.3 Å². The van der Waals surface area contributed by atoms with Gasteiger partial charge in [-0.3, -0.25) is 4.79 Å². The summed E-state index contributed by atoms with van der Waals surface area (Å²) in [6.45, 7) is 3.93. The average Bonchev–Trinajstić information content (AvgIpc) is 2.40. The minimum atomic E-state index is -0.0770. The molecule has 0 aliphatic rings. The highest BCUT2D eigenvalue weighted by atomic mass is 16.3. The molecule has 0 atom stereocenters. The molecule has 0 aromatic heterocycles. The lowest BCUT2D eigenvalue weighted by Gasteiger charge is -2.19. The standard InChI is InChI=1S/C16H17NO2/c1-11-6-4-9-15(12(11)2)16(19)17(3)13-7-5-8-14(18)10-13/h4-10,18H,1-3H3. The van der Waals surface area contributed by atoms with Crippen LogP contribution in [-0.2, 0) is 0 Å². The molecule has 0 unspecified atom stereocenters. The maximum atomic E-state index is 12.5. The number of carbonyl (C=O) groups is 1. The molecule has 0 bridgehead atoms. The average molecular weight is 255 g/mol. The Morgan fingerprint density at radius 3 is 2.47 bits per heavy atom. The van der Waals surface area contributed by atoms with E-state index in [-0.39, 0.29) is 11.7 Å². The second-order valence-corrected chi connectivity index (χ2v) is 4.63. The molecule has 0 radical (unpaired) electrons. The first-order valence-electron chi connectivity index (χ1n) is 6.14. The number of aromatic hydroxyl groups is 1. The molecule has 0 aliphatic carbocycles. The summed E-state index contributed by atoms with van der Waals surface area (Å²) in [6.07, 6.45) is 0. The molecule has 98 valence electrons. The highest BCUT2D eigenvalue weighted by Gasteiger charge is 2.16. The van der Waals surface area contributed by atoms with Gasteiger partial charge in [-0.1, -0.05) is 18.2 Å². The molecule has 0 aliphatic heterocycles. The molecule has 0 heterocycles. The molecule has 0 fully saturated rings.